The molecule has 2 aromatic rings. The lowest BCUT2D eigenvalue weighted by Gasteiger charge is -2.10. The first-order chi connectivity index (χ1) is 9.88. The molecule has 2 aromatic carbocycles. The average Bonchev–Trinajstić information content (AvgIpc) is 2.40. The van der Waals surface area contributed by atoms with Crippen molar-refractivity contribution in [3.05, 3.63) is 63.1 Å². The fraction of sp³-hybridized carbons (Fsp3) is 0.0667. The molecule has 0 radical (unpaired) electrons. The lowest BCUT2D eigenvalue weighted by Crippen LogP contribution is -2.14. The maximum Gasteiger partial charge on any atom is 0.335 e. The highest BCUT2D eigenvalue weighted by atomic mass is 35.5. The van der Waals surface area contributed by atoms with Gasteiger partial charge in [0.15, 0.2) is 0 Å². The highest BCUT2D eigenvalue weighted by Crippen LogP contribution is 2.24. The first kappa shape index (κ1) is 15.4. The molecular formula is C15H11Cl2NO3. The van der Waals surface area contributed by atoms with E-state index in [0.29, 0.717) is 16.1 Å². The molecule has 0 aromatic heterocycles. The quantitative estimate of drug-likeness (QED) is 0.887. The molecule has 0 saturated heterocycles. The van der Waals surface area contributed by atoms with Crippen molar-refractivity contribution in [1.29, 1.82) is 0 Å². The van der Waals surface area contributed by atoms with Crippen LogP contribution in [0.5, 0.6) is 0 Å². The molecule has 4 nitrogen and oxygen atoms in total. The van der Waals surface area contributed by atoms with Crippen molar-refractivity contribution < 1.29 is 14.7 Å². The van der Waals surface area contributed by atoms with Crippen molar-refractivity contribution in [3.8, 4) is 0 Å². The summed E-state index contributed by atoms with van der Waals surface area (Å²) < 4.78 is 0. The monoisotopic (exact) mass is 323 g/mol. The Labute approximate surface area is 131 Å². The van der Waals surface area contributed by atoms with Crippen molar-refractivity contribution in [2.24, 2.45) is 0 Å². The minimum absolute atomic E-state index is 0.0440. The largest absolute Gasteiger partial charge is 0.478 e. The van der Waals surface area contributed by atoms with E-state index in [0.717, 1.165) is 0 Å². The number of carboxylic acids is 1. The van der Waals surface area contributed by atoms with Crippen molar-refractivity contribution in [1.82, 2.24) is 0 Å². The van der Waals surface area contributed by atoms with Crippen LogP contribution >= 0.6 is 23.2 Å². The minimum atomic E-state index is -1.09. The molecule has 6 heteroatoms. The van der Waals surface area contributed by atoms with Crippen LogP contribution in [0.15, 0.2) is 36.4 Å². The number of carbonyl (C=O) groups is 2. The summed E-state index contributed by atoms with van der Waals surface area (Å²) in [6.07, 6.45) is 0. The van der Waals surface area contributed by atoms with E-state index in [-0.39, 0.29) is 22.2 Å². The number of hydrogen-bond acceptors (Lipinski definition) is 2. The summed E-state index contributed by atoms with van der Waals surface area (Å²) in [5, 5.41) is 12.4. The lowest BCUT2D eigenvalue weighted by molar-refractivity contribution is 0.0696. The van der Waals surface area contributed by atoms with Gasteiger partial charge in [0.2, 0.25) is 0 Å². The Kier molecular flexibility index (Phi) is 4.50. The molecule has 0 bridgehead atoms. The van der Waals surface area contributed by atoms with Crippen LogP contribution in [0, 0.1) is 6.92 Å². The van der Waals surface area contributed by atoms with E-state index < -0.39 is 5.97 Å². The van der Waals surface area contributed by atoms with Crippen LogP contribution < -0.4 is 5.32 Å². The van der Waals surface area contributed by atoms with E-state index in [1.807, 2.05) is 0 Å². The number of carbonyl (C=O) groups excluding carboxylic acids is 1. The van der Waals surface area contributed by atoms with Gasteiger partial charge in [-0.05, 0) is 48.9 Å². The SMILES string of the molecule is Cc1cc(Cl)ccc1C(=O)Nc1cc(C(=O)O)ccc1Cl. The van der Waals surface area contributed by atoms with Crippen molar-refractivity contribution in [2.45, 2.75) is 6.92 Å². The van der Waals surface area contributed by atoms with Gasteiger partial charge >= 0.3 is 5.97 Å². The highest BCUT2D eigenvalue weighted by molar-refractivity contribution is 6.34. The summed E-state index contributed by atoms with van der Waals surface area (Å²) in [5.74, 6) is -1.47. The molecule has 0 saturated carbocycles. The third-order valence-corrected chi connectivity index (χ3v) is 3.46. The number of hydrogen-bond donors (Lipinski definition) is 2. The summed E-state index contributed by atoms with van der Waals surface area (Å²) in [6.45, 7) is 1.76. The molecule has 1 amide bonds. The van der Waals surface area contributed by atoms with Crippen molar-refractivity contribution in [2.75, 3.05) is 5.32 Å². The number of amides is 1. The smallest absolute Gasteiger partial charge is 0.335 e. The maximum atomic E-state index is 12.2. The Morgan fingerprint density at radius 1 is 1.10 bits per heavy atom. The Morgan fingerprint density at radius 3 is 2.43 bits per heavy atom. The molecule has 0 aliphatic rings. The normalized spacial score (nSPS) is 10.2. The van der Waals surface area contributed by atoms with Gasteiger partial charge in [-0.15, -0.1) is 0 Å². The predicted octanol–water partition coefficient (Wildman–Crippen LogP) is 4.25. The zero-order chi connectivity index (χ0) is 15.6. The van der Waals surface area contributed by atoms with Gasteiger partial charge in [-0.1, -0.05) is 23.2 Å². The molecule has 0 fully saturated rings. The van der Waals surface area contributed by atoms with Gasteiger partial charge in [0.1, 0.15) is 0 Å². The summed E-state index contributed by atoms with van der Waals surface area (Å²) in [5.41, 5.74) is 1.44. The summed E-state index contributed by atoms with van der Waals surface area (Å²) in [6, 6.07) is 8.99. The maximum absolute atomic E-state index is 12.2. The van der Waals surface area contributed by atoms with Crippen molar-refractivity contribution >= 4 is 40.8 Å². The Morgan fingerprint density at radius 2 is 1.81 bits per heavy atom. The van der Waals surface area contributed by atoms with E-state index >= 15 is 0 Å². The number of aryl methyl sites for hydroxylation is 1. The van der Waals surface area contributed by atoms with Crippen LogP contribution in [-0.2, 0) is 0 Å². The highest BCUT2D eigenvalue weighted by Gasteiger charge is 2.13. The zero-order valence-electron chi connectivity index (χ0n) is 11.0. The van der Waals surface area contributed by atoms with Gasteiger partial charge in [0, 0.05) is 10.6 Å². The molecule has 2 N–H and O–H groups in total. The Hall–Kier alpha value is -2.04. The molecule has 0 aliphatic carbocycles. The Balaban J connectivity index is 2.31. The fourth-order valence-electron chi connectivity index (χ4n) is 1.83. The van der Waals surface area contributed by atoms with E-state index in [1.165, 1.54) is 18.2 Å². The van der Waals surface area contributed by atoms with Crippen LogP contribution in [0.25, 0.3) is 0 Å². The third kappa shape index (κ3) is 3.54. The second-order valence-electron chi connectivity index (χ2n) is 4.41. The Bertz CT molecular complexity index is 729. The van der Waals surface area contributed by atoms with Gasteiger partial charge in [-0.2, -0.15) is 0 Å². The fourth-order valence-corrected chi connectivity index (χ4v) is 2.22. The summed E-state index contributed by atoms with van der Waals surface area (Å²) in [4.78, 5) is 23.2. The van der Waals surface area contributed by atoms with Crippen LogP contribution in [0.1, 0.15) is 26.3 Å². The predicted molar refractivity (Wildman–Crippen MR) is 82.6 cm³/mol. The number of carboxylic acid groups (broad SMARTS) is 1. The third-order valence-electron chi connectivity index (χ3n) is 2.89. The van der Waals surface area contributed by atoms with Crippen LogP contribution in [0.2, 0.25) is 10.0 Å². The first-order valence-corrected chi connectivity index (χ1v) is 6.74. The second-order valence-corrected chi connectivity index (χ2v) is 5.26. The zero-order valence-corrected chi connectivity index (χ0v) is 12.5. The van der Waals surface area contributed by atoms with Gasteiger partial charge in [0.25, 0.3) is 5.91 Å². The molecule has 21 heavy (non-hydrogen) atoms. The number of halogens is 2. The standard InChI is InChI=1S/C15H11Cl2NO3/c1-8-6-10(16)3-4-11(8)14(19)18-13-7-9(15(20)21)2-5-12(13)17/h2-7H,1H3,(H,18,19)(H,20,21). The van der Waals surface area contributed by atoms with Crippen LogP contribution in [0.4, 0.5) is 5.69 Å². The van der Waals surface area contributed by atoms with Gasteiger partial charge in [-0.25, -0.2) is 4.79 Å². The second kappa shape index (κ2) is 6.16. The lowest BCUT2D eigenvalue weighted by atomic mass is 10.1. The van der Waals surface area contributed by atoms with E-state index in [9.17, 15) is 9.59 Å². The van der Waals surface area contributed by atoms with E-state index in [4.69, 9.17) is 28.3 Å². The number of aromatic carboxylic acids is 1. The molecule has 2 rings (SSSR count). The molecule has 0 spiro atoms. The molecular weight excluding hydrogens is 313 g/mol. The van der Waals surface area contributed by atoms with Gasteiger partial charge in [0.05, 0.1) is 16.3 Å². The van der Waals surface area contributed by atoms with Gasteiger partial charge < -0.3 is 10.4 Å². The van der Waals surface area contributed by atoms with Crippen LogP contribution in [0.3, 0.4) is 0 Å². The topological polar surface area (TPSA) is 66.4 Å². The number of nitrogens with one attached hydrogen (secondary N) is 1. The number of anilines is 1. The van der Waals surface area contributed by atoms with Crippen LogP contribution in [-0.4, -0.2) is 17.0 Å². The average molecular weight is 324 g/mol. The number of benzene rings is 2. The molecule has 0 aliphatic heterocycles. The summed E-state index contributed by atoms with van der Waals surface area (Å²) >= 11 is 11.8. The van der Waals surface area contributed by atoms with Gasteiger partial charge in [-0.3, -0.25) is 4.79 Å². The molecule has 108 valence electrons. The summed E-state index contributed by atoms with van der Waals surface area (Å²) in [7, 11) is 0. The van der Waals surface area contributed by atoms with E-state index in [1.54, 1.807) is 25.1 Å². The first-order valence-electron chi connectivity index (χ1n) is 5.99. The molecule has 0 heterocycles. The molecule has 0 unspecified atom stereocenters. The molecule has 0 atom stereocenters. The van der Waals surface area contributed by atoms with Crippen molar-refractivity contribution in [3.63, 3.8) is 0 Å². The van der Waals surface area contributed by atoms with E-state index in [2.05, 4.69) is 5.32 Å². The number of rotatable bonds is 3. The minimum Gasteiger partial charge on any atom is -0.478 e.